The van der Waals surface area contributed by atoms with Crippen LogP contribution in [0.2, 0.25) is 0 Å². The van der Waals surface area contributed by atoms with Crippen molar-refractivity contribution in [1.82, 2.24) is 26.2 Å². The number of rotatable bonds is 21. The molecule has 0 aromatic rings. The van der Waals surface area contributed by atoms with Gasteiger partial charge in [-0.15, -0.1) is 0 Å². The lowest BCUT2D eigenvalue weighted by molar-refractivity contribution is -0.145. The molecule has 2 aliphatic carbocycles. The van der Waals surface area contributed by atoms with Crippen molar-refractivity contribution in [1.29, 1.82) is 0 Å². The number of hydrogen-bond acceptors (Lipinski definition) is 9. The zero-order valence-corrected chi connectivity index (χ0v) is 30.6. The molecule has 6 amide bonds. The van der Waals surface area contributed by atoms with Gasteiger partial charge in [0.1, 0.15) is 24.7 Å². The van der Waals surface area contributed by atoms with Crippen LogP contribution in [0.5, 0.6) is 0 Å². The third kappa shape index (κ3) is 13.2. The molecule has 1 heterocycles. The largest absolute Gasteiger partial charge is 0.480 e. The summed E-state index contributed by atoms with van der Waals surface area (Å²) in [7, 11) is 0. The molecular formula is C36H58N6O10. The van der Waals surface area contributed by atoms with Crippen molar-refractivity contribution in [2.75, 3.05) is 19.7 Å². The molecule has 3 fully saturated rings. The number of carbonyl (C=O) groups excluding carboxylic acids is 7. The maximum Gasteiger partial charge on any atom is 0.329 e. The predicted molar refractivity (Wildman–Crippen MR) is 188 cm³/mol. The number of unbranched alkanes of at least 4 members (excludes halogenated alkanes) is 1. The highest BCUT2D eigenvalue weighted by atomic mass is 16.5. The molecule has 2 saturated carbocycles. The zero-order chi connectivity index (χ0) is 38.2. The van der Waals surface area contributed by atoms with E-state index in [1.165, 1.54) is 4.90 Å². The molecule has 0 spiro atoms. The minimum Gasteiger partial charge on any atom is -0.480 e. The minimum absolute atomic E-state index is 0.0588. The average Bonchev–Trinajstić information content (AvgIpc) is 3.80. The highest BCUT2D eigenvalue weighted by Crippen LogP contribution is 2.31. The summed E-state index contributed by atoms with van der Waals surface area (Å²) in [5, 5.41) is 19.5. The number of hydrogen-bond donors (Lipinski definition) is 6. The number of primary amides is 1. The Kier molecular flexibility index (Phi) is 17.5. The van der Waals surface area contributed by atoms with Crippen LogP contribution in [0.4, 0.5) is 0 Å². The number of aliphatic carboxylic acids is 1. The zero-order valence-electron chi connectivity index (χ0n) is 30.6. The van der Waals surface area contributed by atoms with Crippen molar-refractivity contribution in [2.24, 2.45) is 17.6 Å². The standard InChI is InChI=1S/C36H58N6O10/c1-3-5-16-26(33(37)48)39-29(44)19-38-35(50)32(47)25(11-4-2)40-34(49)27-18-24(52-21-30(45)46)20-42(27)36(51)31(23-14-7-6-8-15-23)41-28(43)17-22-12-9-10-13-22/h22-27,31H,3-21H2,1-2H3,(H2,37,48)(H,38,50)(H,39,44)(H,40,49)(H,41,43)(H,45,46)/t24-,25?,26?,27+,31?/m1/s1. The van der Waals surface area contributed by atoms with Gasteiger partial charge in [-0.05, 0) is 50.4 Å². The van der Waals surface area contributed by atoms with Crippen molar-refractivity contribution in [2.45, 2.75) is 147 Å². The van der Waals surface area contributed by atoms with Gasteiger partial charge in [0, 0.05) is 19.4 Å². The first-order valence-corrected chi connectivity index (χ1v) is 19.0. The van der Waals surface area contributed by atoms with Gasteiger partial charge in [0.05, 0.1) is 18.7 Å². The first kappa shape index (κ1) is 42.3. The molecule has 0 radical (unpaired) electrons. The Labute approximate surface area is 305 Å². The van der Waals surface area contributed by atoms with E-state index in [-0.39, 0.29) is 37.1 Å². The number of carboxylic acids is 1. The Morgan fingerprint density at radius 3 is 2.12 bits per heavy atom. The summed E-state index contributed by atoms with van der Waals surface area (Å²) in [6.07, 6.45) is 10.0. The van der Waals surface area contributed by atoms with E-state index in [9.17, 15) is 43.5 Å². The Bertz CT molecular complexity index is 1280. The van der Waals surface area contributed by atoms with Gasteiger partial charge in [-0.25, -0.2) is 4.79 Å². The summed E-state index contributed by atoms with van der Waals surface area (Å²) < 4.78 is 5.52. The van der Waals surface area contributed by atoms with Gasteiger partial charge in [0.25, 0.3) is 5.91 Å². The van der Waals surface area contributed by atoms with Gasteiger partial charge in [0.2, 0.25) is 35.3 Å². The number of nitrogens with two attached hydrogens (primary N) is 1. The van der Waals surface area contributed by atoms with Crippen molar-refractivity contribution in [3.05, 3.63) is 0 Å². The van der Waals surface area contributed by atoms with E-state index in [1.807, 2.05) is 6.92 Å². The van der Waals surface area contributed by atoms with Gasteiger partial charge in [0.15, 0.2) is 0 Å². The molecule has 5 atom stereocenters. The summed E-state index contributed by atoms with van der Waals surface area (Å²) in [6, 6.07) is -4.27. The summed E-state index contributed by atoms with van der Waals surface area (Å²) >= 11 is 0. The number of nitrogens with zero attached hydrogens (tertiary/aromatic N) is 1. The van der Waals surface area contributed by atoms with Crippen LogP contribution in [0, 0.1) is 11.8 Å². The number of Topliss-reactive ketones (excluding diaryl/α,β-unsaturated/α-hetero) is 1. The molecule has 1 saturated heterocycles. The SMILES string of the molecule is CCCCC(NC(=O)CNC(=O)C(=O)C(CCC)NC(=O)[C@@H]1C[C@@H](OCC(=O)O)CN1C(=O)C(NC(=O)CC1CCCC1)C1CCCCC1)C(N)=O. The van der Waals surface area contributed by atoms with Crippen molar-refractivity contribution >= 4 is 47.2 Å². The maximum atomic E-state index is 14.4. The van der Waals surface area contributed by atoms with Gasteiger partial charge >= 0.3 is 5.97 Å². The lowest BCUT2D eigenvalue weighted by Gasteiger charge is -2.35. The summed E-state index contributed by atoms with van der Waals surface area (Å²) in [4.78, 5) is 104. The Balaban J connectivity index is 1.74. The first-order valence-electron chi connectivity index (χ1n) is 19.0. The molecule has 0 bridgehead atoms. The van der Waals surface area contributed by atoms with Crippen LogP contribution < -0.4 is 27.0 Å². The summed E-state index contributed by atoms with van der Waals surface area (Å²) in [5.41, 5.74) is 5.36. The summed E-state index contributed by atoms with van der Waals surface area (Å²) in [5.74, 6) is -6.07. The third-order valence-electron chi connectivity index (χ3n) is 10.3. The number of carboxylic acid groups (broad SMARTS) is 1. The smallest absolute Gasteiger partial charge is 0.329 e. The second kappa shape index (κ2) is 21.4. The van der Waals surface area contributed by atoms with Crippen LogP contribution in [-0.4, -0.2) is 107 Å². The predicted octanol–water partition coefficient (Wildman–Crippen LogP) is 0.833. The fourth-order valence-electron chi connectivity index (χ4n) is 7.51. The average molecular weight is 735 g/mol. The fraction of sp³-hybridized carbons (Fsp3) is 0.778. The highest BCUT2D eigenvalue weighted by Gasteiger charge is 2.45. The van der Waals surface area contributed by atoms with E-state index in [0.717, 1.165) is 64.2 Å². The summed E-state index contributed by atoms with van der Waals surface area (Å²) in [6.45, 7) is 2.32. The van der Waals surface area contributed by atoms with Gasteiger partial charge in [-0.3, -0.25) is 33.6 Å². The van der Waals surface area contributed by atoms with E-state index < -0.39 is 84.7 Å². The van der Waals surface area contributed by atoms with Gasteiger partial charge < -0.3 is 41.7 Å². The van der Waals surface area contributed by atoms with Gasteiger partial charge in [-0.1, -0.05) is 65.2 Å². The van der Waals surface area contributed by atoms with Crippen molar-refractivity contribution in [3.8, 4) is 0 Å². The third-order valence-corrected chi connectivity index (χ3v) is 10.3. The number of carbonyl (C=O) groups is 8. The van der Waals surface area contributed by atoms with Crippen molar-refractivity contribution < 1.29 is 48.2 Å². The van der Waals surface area contributed by atoms with Crippen LogP contribution in [-0.2, 0) is 43.1 Å². The minimum atomic E-state index is -1.29. The molecule has 16 nitrogen and oxygen atoms in total. The Hall–Kier alpha value is -4.08. The van der Waals surface area contributed by atoms with E-state index in [0.29, 0.717) is 25.7 Å². The highest BCUT2D eigenvalue weighted by molar-refractivity contribution is 6.38. The van der Waals surface area contributed by atoms with Crippen LogP contribution in [0.3, 0.4) is 0 Å². The molecule has 0 aromatic carbocycles. The molecule has 7 N–H and O–H groups in total. The van der Waals surface area contributed by atoms with Crippen LogP contribution >= 0.6 is 0 Å². The second-order valence-electron chi connectivity index (χ2n) is 14.4. The van der Waals surface area contributed by atoms with Crippen LogP contribution in [0.1, 0.15) is 117 Å². The Morgan fingerprint density at radius 1 is 0.827 bits per heavy atom. The molecule has 0 aromatic heterocycles. The lowest BCUT2D eigenvalue weighted by Crippen LogP contribution is -2.58. The van der Waals surface area contributed by atoms with Crippen LogP contribution in [0.25, 0.3) is 0 Å². The Morgan fingerprint density at radius 2 is 1.50 bits per heavy atom. The second-order valence-corrected chi connectivity index (χ2v) is 14.4. The van der Waals surface area contributed by atoms with Crippen molar-refractivity contribution in [3.63, 3.8) is 0 Å². The number of ketones is 1. The quantitative estimate of drug-likeness (QED) is 0.0908. The topological polar surface area (TPSA) is 243 Å². The van der Waals surface area contributed by atoms with Crippen LogP contribution in [0.15, 0.2) is 0 Å². The number of nitrogens with one attached hydrogen (secondary N) is 4. The molecule has 292 valence electrons. The molecule has 3 aliphatic rings. The molecule has 52 heavy (non-hydrogen) atoms. The van der Waals surface area contributed by atoms with E-state index in [2.05, 4.69) is 21.3 Å². The van der Waals surface area contributed by atoms with E-state index in [1.54, 1.807) is 6.92 Å². The van der Waals surface area contributed by atoms with E-state index >= 15 is 0 Å². The maximum absolute atomic E-state index is 14.4. The first-order chi connectivity index (χ1) is 24.8. The molecule has 1 aliphatic heterocycles. The number of ether oxygens (including phenoxy) is 1. The number of likely N-dealkylation sites (tertiary alicyclic amines) is 1. The van der Waals surface area contributed by atoms with Gasteiger partial charge in [-0.2, -0.15) is 0 Å². The number of amides is 6. The van der Waals surface area contributed by atoms with E-state index in [4.69, 9.17) is 10.5 Å². The molecule has 3 rings (SSSR count). The fourth-order valence-corrected chi connectivity index (χ4v) is 7.51. The molecule has 3 unspecified atom stereocenters. The molecule has 16 heteroatoms. The lowest BCUT2D eigenvalue weighted by atomic mass is 9.83. The molecular weight excluding hydrogens is 676 g/mol. The normalized spacial score (nSPS) is 21.1. The monoisotopic (exact) mass is 734 g/mol.